The molecular formula is C10H8ClNO2. The van der Waals surface area contributed by atoms with E-state index in [4.69, 9.17) is 17.3 Å². The maximum atomic E-state index is 10.4. The van der Waals surface area contributed by atoms with Crippen LogP contribution in [-0.4, -0.2) is 12.2 Å². The summed E-state index contributed by atoms with van der Waals surface area (Å²) in [5.74, 6) is -0.541. The number of amides is 1. The second-order valence-corrected chi connectivity index (χ2v) is 3.04. The molecule has 0 fully saturated rings. The lowest BCUT2D eigenvalue weighted by atomic mass is 10.1. The van der Waals surface area contributed by atoms with Gasteiger partial charge in [0, 0.05) is 16.7 Å². The predicted octanol–water partition coefficient (Wildman–Crippen LogP) is 1.65. The van der Waals surface area contributed by atoms with Gasteiger partial charge in [-0.15, -0.1) is 0 Å². The van der Waals surface area contributed by atoms with Crippen molar-refractivity contribution in [2.24, 2.45) is 5.73 Å². The quantitative estimate of drug-likeness (QED) is 0.608. The maximum absolute atomic E-state index is 10.4. The van der Waals surface area contributed by atoms with Crippen molar-refractivity contribution < 1.29 is 9.59 Å². The van der Waals surface area contributed by atoms with Gasteiger partial charge in [0.05, 0.1) is 0 Å². The van der Waals surface area contributed by atoms with E-state index in [0.717, 1.165) is 0 Å². The van der Waals surface area contributed by atoms with Gasteiger partial charge in [0.25, 0.3) is 0 Å². The molecule has 0 aromatic heterocycles. The molecule has 0 saturated heterocycles. The van der Waals surface area contributed by atoms with Crippen molar-refractivity contribution in [1.82, 2.24) is 0 Å². The van der Waals surface area contributed by atoms with E-state index in [9.17, 15) is 9.59 Å². The molecule has 3 nitrogen and oxygen atoms in total. The number of primary amides is 1. The number of hydrogen-bond donors (Lipinski definition) is 1. The Hall–Kier alpha value is -1.61. The first-order chi connectivity index (χ1) is 6.63. The van der Waals surface area contributed by atoms with Gasteiger partial charge in [0.15, 0.2) is 0 Å². The number of carbonyl (C=O) groups is 2. The van der Waals surface area contributed by atoms with Gasteiger partial charge < -0.3 is 5.73 Å². The van der Waals surface area contributed by atoms with Gasteiger partial charge in [0.1, 0.15) is 6.29 Å². The molecule has 0 spiro atoms. The minimum Gasteiger partial charge on any atom is -0.366 e. The van der Waals surface area contributed by atoms with Gasteiger partial charge in [-0.3, -0.25) is 9.59 Å². The number of benzene rings is 1. The fraction of sp³-hybridized carbons (Fsp3) is 0. The highest BCUT2D eigenvalue weighted by molar-refractivity contribution is 6.32. The molecule has 1 aromatic carbocycles. The average molecular weight is 210 g/mol. The molecule has 0 saturated carbocycles. The first kappa shape index (κ1) is 10.5. The summed E-state index contributed by atoms with van der Waals surface area (Å²) in [4.78, 5) is 20.8. The molecule has 2 N–H and O–H groups in total. The number of aldehydes is 1. The lowest BCUT2D eigenvalue weighted by Crippen LogP contribution is -2.05. The van der Waals surface area contributed by atoms with Crippen LogP contribution in [0.2, 0.25) is 5.02 Å². The summed E-state index contributed by atoms with van der Waals surface area (Å²) >= 11 is 5.83. The molecule has 0 radical (unpaired) electrons. The van der Waals surface area contributed by atoms with Crippen LogP contribution < -0.4 is 5.73 Å². The summed E-state index contributed by atoms with van der Waals surface area (Å²) in [7, 11) is 0. The Kier molecular flexibility index (Phi) is 3.42. The van der Waals surface area contributed by atoms with Crippen LogP contribution >= 0.6 is 11.6 Å². The monoisotopic (exact) mass is 209 g/mol. The Morgan fingerprint density at radius 2 is 2.14 bits per heavy atom. The van der Waals surface area contributed by atoms with Crippen molar-refractivity contribution in [1.29, 1.82) is 0 Å². The van der Waals surface area contributed by atoms with Crippen LogP contribution in [0.1, 0.15) is 15.9 Å². The average Bonchev–Trinajstić information content (AvgIpc) is 2.15. The number of nitrogens with two attached hydrogens (primary N) is 1. The van der Waals surface area contributed by atoms with Crippen LogP contribution in [0.4, 0.5) is 0 Å². The van der Waals surface area contributed by atoms with Gasteiger partial charge >= 0.3 is 0 Å². The van der Waals surface area contributed by atoms with Crippen molar-refractivity contribution >= 4 is 29.9 Å². The normalized spacial score (nSPS) is 10.4. The molecule has 0 aliphatic rings. The van der Waals surface area contributed by atoms with Gasteiger partial charge in [-0.1, -0.05) is 23.7 Å². The first-order valence-corrected chi connectivity index (χ1v) is 4.23. The Morgan fingerprint density at radius 1 is 1.43 bits per heavy atom. The fourth-order valence-electron chi connectivity index (χ4n) is 0.924. The van der Waals surface area contributed by atoms with Gasteiger partial charge in [0.2, 0.25) is 5.91 Å². The van der Waals surface area contributed by atoms with Crippen molar-refractivity contribution in [3.05, 3.63) is 40.4 Å². The molecule has 1 rings (SSSR count). The molecule has 0 aliphatic carbocycles. The van der Waals surface area contributed by atoms with E-state index in [1.807, 2.05) is 0 Å². The standard InChI is InChI=1S/C10H8ClNO2/c11-9-5-7(6-13)1-2-8(9)3-4-10(12)14/h1-6H,(H2,12,14). The summed E-state index contributed by atoms with van der Waals surface area (Å²) < 4.78 is 0. The number of rotatable bonds is 3. The lowest BCUT2D eigenvalue weighted by Gasteiger charge is -1.97. The SMILES string of the molecule is NC(=O)C=Cc1ccc(C=O)cc1Cl. The molecule has 72 valence electrons. The molecule has 0 aliphatic heterocycles. The minimum atomic E-state index is -0.541. The zero-order chi connectivity index (χ0) is 10.6. The second kappa shape index (κ2) is 4.58. The van der Waals surface area contributed by atoms with E-state index in [2.05, 4.69) is 0 Å². The van der Waals surface area contributed by atoms with Crippen molar-refractivity contribution in [3.63, 3.8) is 0 Å². The van der Waals surface area contributed by atoms with Crippen LogP contribution in [0, 0.1) is 0 Å². The summed E-state index contributed by atoms with van der Waals surface area (Å²) in [6.07, 6.45) is 3.41. The first-order valence-electron chi connectivity index (χ1n) is 3.85. The molecular weight excluding hydrogens is 202 g/mol. The molecule has 1 amide bonds. The van der Waals surface area contributed by atoms with E-state index in [1.165, 1.54) is 18.2 Å². The third-order valence-electron chi connectivity index (χ3n) is 1.59. The number of halogens is 1. The zero-order valence-corrected chi connectivity index (χ0v) is 7.99. The highest BCUT2D eigenvalue weighted by Gasteiger charge is 1.98. The summed E-state index contributed by atoms with van der Waals surface area (Å²) in [5.41, 5.74) is 6.06. The lowest BCUT2D eigenvalue weighted by molar-refractivity contribution is -0.113. The number of hydrogen-bond acceptors (Lipinski definition) is 2. The molecule has 0 bridgehead atoms. The van der Waals surface area contributed by atoms with Crippen LogP contribution in [0.15, 0.2) is 24.3 Å². The highest BCUT2D eigenvalue weighted by atomic mass is 35.5. The van der Waals surface area contributed by atoms with E-state index >= 15 is 0 Å². The Labute approximate surface area is 86.2 Å². The molecule has 0 atom stereocenters. The fourth-order valence-corrected chi connectivity index (χ4v) is 1.18. The summed E-state index contributed by atoms with van der Waals surface area (Å²) in [6, 6.07) is 4.78. The van der Waals surface area contributed by atoms with Crippen molar-refractivity contribution in [2.75, 3.05) is 0 Å². The van der Waals surface area contributed by atoms with Gasteiger partial charge in [-0.25, -0.2) is 0 Å². The maximum Gasteiger partial charge on any atom is 0.241 e. The largest absolute Gasteiger partial charge is 0.366 e. The third-order valence-corrected chi connectivity index (χ3v) is 1.92. The molecule has 4 heteroatoms. The smallest absolute Gasteiger partial charge is 0.241 e. The van der Waals surface area contributed by atoms with Crippen molar-refractivity contribution in [2.45, 2.75) is 0 Å². The van der Waals surface area contributed by atoms with Crippen LogP contribution in [0.25, 0.3) is 6.08 Å². The van der Waals surface area contributed by atoms with Crippen LogP contribution in [0.3, 0.4) is 0 Å². The molecule has 0 heterocycles. The molecule has 14 heavy (non-hydrogen) atoms. The van der Waals surface area contributed by atoms with E-state index < -0.39 is 5.91 Å². The Morgan fingerprint density at radius 3 is 2.64 bits per heavy atom. The second-order valence-electron chi connectivity index (χ2n) is 2.63. The van der Waals surface area contributed by atoms with E-state index in [0.29, 0.717) is 22.4 Å². The van der Waals surface area contributed by atoms with E-state index in [1.54, 1.807) is 12.1 Å². The zero-order valence-electron chi connectivity index (χ0n) is 7.24. The van der Waals surface area contributed by atoms with E-state index in [-0.39, 0.29) is 0 Å². The van der Waals surface area contributed by atoms with Crippen LogP contribution in [-0.2, 0) is 4.79 Å². The molecule has 1 aromatic rings. The topological polar surface area (TPSA) is 60.2 Å². The van der Waals surface area contributed by atoms with Gasteiger partial charge in [-0.2, -0.15) is 0 Å². The Bertz CT molecular complexity index is 399. The van der Waals surface area contributed by atoms with Crippen molar-refractivity contribution in [3.8, 4) is 0 Å². The highest BCUT2D eigenvalue weighted by Crippen LogP contribution is 2.18. The predicted molar refractivity (Wildman–Crippen MR) is 55.1 cm³/mol. The Balaban J connectivity index is 3.00. The van der Waals surface area contributed by atoms with Gasteiger partial charge in [-0.05, 0) is 17.7 Å². The minimum absolute atomic E-state index is 0.409. The third kappa shape index (κ3) is 2.71. The van der Waals surface area contributed by atoms with Crippen LogP contribution in [0.5, 0.6) is 0 Å². The molecule has 0 unspecified atom stereocenters. The number of carbonyl (C=O) groups excluding carboxylic acids is 2. The summed E-state index contributed by atoms with van der Waals surface area (Å²) in [5, 5.41) is 0.409. The summed E-state index contributed by atoms with van der Waals surface area (Å²) in [6.45, 7) is 0.